The molecule has 3 atom stereocenters. The Morgan fingerprint density at radius 2 is 1.87 bits per heavy atom. The van der Waals surface area contributed by atoms with E-state index in [0.717, 1.165) is 69.3 Å². The number of aryl methyl sites for hydroxylation is 2. The first kappa shape index (κ1) is 27.1. The topological polar surface area (TPSA) is 68.7 Å². The number of rotatable bonds is 7. The Balaban J connectivity index is 1.15. The molecule has 4 aliphatic rings. The van der Waals surface area contributed by atoms with Crippen molar-refractivity contribution in [3.05, 3.63) is 47.2 Å². The van der Waals surface area contributed by atoms with E-state index in [1.807, 2.05) is 25.7 Å². The standard InChI is InChI=1S/C31H47BN4O2/c1-21-15-23(10-9-22(2)35-11-8-12-36(14-13-35)28(33)38-29(3,4)5)17-24(16-21)30(6,7)27(37)34-26-19-32-20-31(32)18-25(26)31/h15-17,25-26,33H,2,8-14,18-20H2,1,3-7H3,(H,34,37)/t25-,26-,31?/m0/s1. The van der Waals surface area contributed by atoms with Crippen LogP contribution in [0.2, 0.25) is 18.0 Å². The van der Waals surface area contributed by atoms with E-state index in [4.69, 9.17) is 10.1 Å². The van der Waals surface area contributed by atoms with Crippen molar-refractivity contribution in [3.8, 4) is 0 Å². The molecule has 1 aromatic carbocycles. The van der Waals surface area contributed by atoms with Crippen molar-refractivity contribution in [3.63, 3.8) is 0 Å². The fourth-order valence-corrected chi connectivity index (χ4v) is 7.03. The lowest BCUT2D eigenvalue weighted by Gasteiger charge is -2.29. The highest BCUT2D eigenvalue weighted by atomic mass is 16.5. The minimum atomic E-state index is -0.555. The van der Waals surface area contributed by atoms with Crippen LogP contribution in [0.1, 0.15) is 70.6 Å². The van der Waals surface area contributed by atoms with Crippen LogP contribution in [0.15, 0.2) is 30.5 Å². The van der Waals surface area contributed by atoms with Gasteiger partial charge in [-0.15, -0.1) is 0 Å². The molecule has 1 aliphatic carbocycles. The van der Waals surface area contributed by atoms with E-state index < -0.39 is 5.41 Å². The van der Waals surface area contributed by atoms with Crippen LogP contribution in [0.25, 0.3) is 0 Å². The number of carbonyl (C=O) groups is 1. The zero-order valence-electron chi connectivity index (χ0n) is 24.5. The molecule has 1 unspecified atom stereocenters. The van der Waals surface area contributed by atoms with Gasteiger partial charge in [-0.25, -0.2) is 0 Å². The van der Waals surface area contributed by atoms with Crippen LogP contribution < -0.4 is 5.32 Å². The molecule has 1 aromatic rings. The van der Waals surface area contributed by atoms with Crippen molar-refractivity contribution in [1.82, 2.24) is 15.1 Å². The number of amides is 1. The van der Waals surface area contributed by atoms with Crippen LogP contribution >= 0.6 is 0 Å². The van der Waals surface area contributed by atoms with E-state index in [9.17, 15) is 4.79 Å². The fraction of sp³-hybridized carbons (Fsp3) is 0.677. The lowest BCUT2D eigenvalue weighted by molar-refractivity contribution is -0.126. The normalized spacial score (nSPS) is 26.3. The number of nitrogens with one attached hydrogen (secondary N) is 2. The largest absolute Gasteiger partial charge is 0.460 e. The van der Waals surface area contributed by atoms with Crippen molar-refractivity contribution in [2.45, 2.75) is 102 Å². The molecule has 206 valence electrons. The maximum atomic E-state index is 13.4. The third kappa shape index (κ3) is 5.48. The number of hydrogen-bond donors (Lipinski definition) is 2. The van der Waals surface area contributed by atoms with Crippen LogP contribution in [0.4, 0.5) is 0 Å². The van der Waals surface area contributed by atoms with Gasteiger partial charge in [0.2, 0.25) is 5.91 Å². The second-order valence-electron chi connectivity index (χ2n) is 14.0. The van der Waals surface area contributed by atoms with Gasteiger partial charge >= 0.3 is 0 Å². The van der Waals surface area contributed by atoms with Gasteiger partial charge in [0.05, 0.1) is 5.41 Å². The van der Waals surface area contributed by atoms with E-state index in [-0.39, 0.29) is 17.5 Å². The van der Waals surface area contributed by atoms with E-state index >= 15 is 0 Å². The highest BCUT2D eigenvalue weighted by Gasteiger charge is 2.78. The predicted octanol–water partition coefficient (Wildman–Crippen LogP) is 5.24. The molecule has 3 aliphatic heterocycles. The van der Waals surface area contributed by atoms with E-state index in [2.05, 4.69) is 55.8 Å². The maximum Gasteiger partial charge on any atom is 0.284 e. The maximum absolute atomic E-state index is 13.4. The SMILES string of the molecule is C=C(CCc1cc(C)cc(C(C)(C)C(=O)N[C@H]2CB3CC34C[C@@H]24)c1)N1CCCN(C(=N)OC(C)(C)C)CC1. The minimum absolute atomic E-state index is 0.168. The van der Waals surface area contributed by atoms with Crippen molar-refractivity contribution >= 4 is 18.6 Å². The molecule has 3 saturated heterocycles. The molecule has 6 nitrogen and oxygen atoms in total. The summed E-state index contributed by atoms with van der Waals surface area (Å²) < 4.78 is 5.79. The summed E-state index contributed by atoms with van der Waals surface area (Å²) in [6.07, 6.45) is 6.71. The molecular formula is C31H47BN4O2. The summed E-state index contributed by atoms with van der Waals surface area (Å²) in [5, 5.41) is 12.4. The summed E-state index contributed by atoms with van der Waals surface area (Å²) in [5.74, 6) is 0.913. The summed E-state index contributed by atoms with van der Waals surface area (Å²) in [6, 6.07) is 7.32. The van der Waals surface area contributed by atoms with E-state index in [0.29, 0.717) is 11.4 Å². The number of ether oxygens (including phenoxy) is 1. The van der Waals surface area contributed by atoms with Crippen LogP contribution in [-0.2, 0) is 21.4 Å². The Morgan fingerprint density at radius 1 is 1.16 bits per heavy atom. The molecule has 1 saturated carbocycles. The number of amidine groups is 1. The number of hydrogen-bond acceptors (Lipinski definition) is 4. The second kappa shape index (κ2) is 9.64. The molecular weight excluding hydrogens is 471 g/mol. The Hall–Kier alpha value is -2.44. The van der Waals surface area contributed by atoms with Crippen LogP contribution in [-0.4, -0.2) is 66.3 Å². The average molecular weight is 519 g/mol. The van der Waals surface area contributed by atoms with Gasteiger partial charge in [-0.3, -0.25) is 10.2 Å². The molecule has 0 bridgehead atoms. The third-order valence-electron chi connectivity index (χ3n) is 9.56. The molecule has 3 heterocycles. The second-order valence-corrected chi connectivity index (χ2v) is 14.0. The Bertz CT molecular complexity index is 1130. The first-order valence-corrected chi connectivity index (χ1v) is 14.7. The first-order chi connectivity index (χ1) is 17.8. The molecule has 0 radical (unpaired) electrons. The third-order valence-corrected chi connectivity index (χ3v) is 9.56. The number of carbonyl (C=O) groups excluding carboxylic acids is 1. The fourth-order valence-electron chi connectivity index (χ4n) is 7.03. The molecule has 2 N–H and O–H groups in total. The first-order valence-electron chi connectivity index (χ1n) is 14.7. The summed E-state index contributed by atoms with van der Waals surface area (Å²) >= 11 is 0. The van der Waals surface area contributed by atoms with Crippen molar-refractivity contribution in [1.29, 1.82) is 5.41 Å². The summed E-state index contributed by atoms with van der Waals surface area (Å²) in [5.41, 5.74) is 3.81. The van der Waals surface area contributed by atoms with Crippen LogP contribution in [0.5, 0.6) is 0 Å². The van der Waals surface area contributed by atoms with Gasteiger partial charge in [0.15, 0.2) is 0 Å². The molecule has 1 spiro atoms. The zero-order chi connectivity index (χ0) is 27.5. The highest BCUT2D eigenvalue weighted by molar-refractivity contribution is 6.77. The monoisotopic (exact) mass is 518 g/mol. The van der Waals surface area contributed by atoms with Crippen molar-refractivity contribution < 1.29 is 9.53 Å². The van der Waals surface area contributed by atoms with Crippen LogP contribution in [0, 0.1) is 18.3 Å². The van der Waals surface area contributed by atoms with Gasteiger partial charge in [-0.1, -0.05) is 48.3 Å². The summed E-state index contributed by atoms with van der Waals surface area (Å²) in [6.45, 7) is 20.9. The quantitative estimate of drug-likeness (QED) is 0.294. The average Bonchev–Trinajstić information content (AvgIpc) is 3.71. The Kier molecular flexibility index (Phi) is 6.88. The van der Waals surface area contributed by atoms with Gasteiger partial charge < -0.3 is 19.9 Å². The molecule has 5 rings (SSSR count). The Labute approximate surface area is 230 Å². The van der Waals surface area contributed by atoms with E-state index in [1.54, 1.807) is 0 Å². The smallest absolute Gasteiger partial charge is 0.284 e. The zero-order valence-corrected chi connectivity index (χ0v) is 24.5. The molecule has 1 amide bonds. The number of allylic oxidation sites excluding steroid dienone is 1. The van der Waals surface area contributed by atoms with Crippen LogP contribution in [0.3, 0.4) is 0 Å². The predicted molar refractivity (Wildman–Crippen MR) is 156 cm³/mol. The van der Waals surface area contributed by atoms with Gasteiger partial charge in [0.25, 0.3) is 6.02 Å². The van der Waals surface area contributed by atoms with Gasteiger partial charge in [0, 0.05) is 37.9 Å². The van der Waals surface area contributed by atoms with Gasteiger partial charge in [0.1, 0.15) is 12.3 Å². The summed E-state index contributed by atoms with van der Waals surface area (Å²) in [7, 11) is 0. The van der Waals surface area contributed by atoms with E-state index in [1.165, 1.54) is 30.2 Å². The number of benzene rings is 1. The van der Waals surface area contributed by atoms with Crippen molar-refractivity contribution in [2.24, 2.45) is 5.92 Å². The lowest BCUT2D eigenvalue weighted by Crippen LogP contribution is -2.45. The molecule has 38 heavy (non-hydrogen) atoms. The molecule has 7 heteroatoms. The Morgan fingerprint density at radius 3 is 2.53 bits per heavy atom. The summed E-state index contributed by atoms with van der Waals surface area (Å²) in [4.78, 5) is 17.8. The molecule has 0 aromatic heterocycles. The lowest BCUT2D eigenvalue weighted by atomic mass is 9.64. The highest BCUT2D eigenvalue weighted by Crippen LogP contribution is 2.84. The van der Waals surface area contributed by atoms with Crippen molar-refractivity contribution in [2.75, 3.05) is 26.2 Å². The minimum Gasteiger partial charge on any atom is -0.460 e. The van der Waals surface area contributed by atoms with Gasteiger partial charge in [-0.05, 0) is 84.3 Å². The molecule has 4 fully saturated rings. The van der Waals surface area contributed by atoms with Gasteiger partial charge in [-0.2, -0.15) is 0 Å². The number of nitrogens with zero attached hydrogens (tertiary/aromatic N) is 2.